The summed E-state index contributed by atoms with van der Waals surface area (Å²) >= 11 is 0. The molecule has 1 aromatic heterocycles. The SMILES string of the molecule is COCC(=O)N(c1ccc(OC)cc1)C(C(=O)NC1CCCCC1)c1coc2ccc(O)cc2c1=O. The number of methoxy groups -OCH3 is 2. The van der Waals surface area contributed by atoms with Crippen molar-refractivity contribution in [1.29, 1.82) is 0 Å². The molecule has 9 nitrogen and oxygen atoms in total. The van der Waals surface area contributed by atoms with E-state index in [2.05, 4.69) is 5.32 Å². The second-order valence-electron chi connectivity index (χ2n) is 8.84. The lowest BCUT2D eigenvalue weighted by molar-refractivity contribution is -0.128. The van der Waals surface area contributed by atoms with E-state index >= 15 is 0 Å². The average molecular weight is 495 g/mol. The van der Waals surface area contributed by atoms with Gasteiger partial charge in [-0.15, -0.1) is 0 Å². The van der Waals surface area contributed by atoms with Gasteiger partial charge in [0.05, 0.1) is 18.1 Å². The molecule has 36 heavy (non-hydrogen) atoms. The van der Waals surface area contributed by atoms with Gasteiger partial charge in [-0.05, 0) is 55.3 Å². The largest absolute Gasteiger partial charge is 0.508 e. The van der Waals surface area contributed by atoms with Gasteiger partial charge in [0.2, 0.25) is 5.91 Å². The molecular weight excluding hydrogens is 464 g/mol. The van der Waals surface area contributed by atoms with Crippen LogP contribution >= 0.6 is 0 Å². The number of aromatic hydroxyl groups is 1. The van der Waals surface area contributed by atoms with Crippen LogP contribution in [0.2, 0.25) is 0 Å². The van der Waals surface area contributed by atoms with E-state index in [4.69, 9.17) is 13.9 Å². The third-order valence-electron chi connectivity index (χ3n) is 6.42. The number of ether oxygens (including phenoxy) is 2. The molecular formula is C27H30N2O7. The number of rotatable bonds is 8. The van der Waals surface area contributed by atoms with E-state index in [0.717, 1.165) is 32.1 Å². The number of nitrogens with zero attached hydrogens (tertiary/aromatic N) is 1. The fraction of sp³-hybridized carbons (Fsp3) is 0.370. The molecule has 0 bridgehead atoms. The summed E-state index contributed by atoms with van der Waals surface area (Å²) in [5, 5.41) is 13.1. The summed E-state index contributed by atoms with van der Waals surface area (Å²) in [6.45, 7) is -0.307. The molecule has 9 heteroatoms. The number of hydrogen-bond acceptors (Lipinski definition) is 7. The quantitative estimate of drug-likeness (QED) is 0.490. The van der Waals surface area contributed by atoms with Gasteiger partial charge in [-0.25, -0.2) is 0 Å². The van der Waals surface area contributed by atoms with Crippen molar-refractivity contribution in [2.75, 3.05) is 25.7 Å². The Morgan fingerprint density at radius 3 is 2.50 bits per heavy atom. The minimum Gasteiger partial charge on any atom is -0.508 e. The van der Waals surface area contributed by atoms with Crippen LogP contribution in [-0.2, 0) is 14.3 Å². The van der Waals surface area contributed by atoms with Crippen LogP contribution in [0.3, 0.4) is 0 Å². The Balaban J connectivity index is 1.86. The van der Waals surface area contributed by atoms with Gasteiger partial charge in [-0.1, -0.05) is 19.3 Å². The highest BCUT2D eigenvalue weighted by molar-refractivity contribution is 6.02. The Morgan fingerprint density at radius 2 is 1.83 bits per heavy atom. The molecule has 4 rings (SSSR count). The summed E-state index contributed by atoms with van der Waals surface area (Å²) in [7, 11) is 2.91. The Labute approximate surface area is 208 Å². The first kappa shape index (κ1) is 25.2. The topological polar surface area (TPSA) is 118 Å². The lowest BCUT2D eigenvalue weighted by Crippen LogP contribution is -2.49. The van der Waals surface area contributed by atoms with Crippen LogP contribution in [0.4, 0.5) is 5.69 Å². The molecule has 1 fully saturated rings. The first-order valence-corrected chi connectivity index (χ1v) is 11.9. The van der Waals surface area contributed by atoms with E-state index in [-0.39, 0.29) is 34.9 Å². The summed E-state index contributed by atoms with van der Waals surface area (Å²) in [5.41, 5.74) is 0.102. The summed E-state index contributed by atoms with van der Waals surface area (Å²) in [4.78, 5) is 42.0. The molecule has 1 aliphatic rings. The third kappa shape index (κ3) is 5.36. The van der Waals surface area contributed by atoms with Gasteiger partial charge < -0.3 is 24.3 Å². The maximum atomic E-state index is 13.8. The number of phenols is 1. The highest BCUT2D eigenvalue weighted by Crippen LogP contribution is 2.30. The predicted octanol–water partition coefficient (Wildman–Crippen LogP) is 3.68. The molecule has 2 aromatic carbocycles. The highest BCUT2D eigenvalue weighted by Gasteiger charge is 2.36. The Morgan fingerprint density at radius 1 is 1.11 bits per heavy atom. The monoisotopic (exact) mass is 494 g/mol. The molecule has 190 valence electrons. The fourth-order valence-electron chi connectivity index (χ4n) is 4.62. The van der Waals surface area contributed by atoms with Crippen molar-refractivity contribution in [2.45, 2.75) is 44.2 Å². The molecule has 0 spiro atoms. The summed E-state index contributed by atoms with van der Waals surface area (Å²) in [6, 6.07) is 9.40. The number of benzene rings is 2. The van der Waals surface area contributed by atoms with Crippen LogP contribution < -0.4 is 20.4 Å². The van der Waals surface area contributed by atoms with Crippen LogP contribution in [-0.4, -0.2) is 43.8 Å². The smallest absolute Gasteiger partial charge is 0.253 e. The molecule has 3 aromatic rings. The maximum absolute atomic E-state index is 13.8. The van der Waals surface area contributed by atoms with Crippen molar-refractivity contribution in [1.82, 2.24) is 5.32 Å². The standard InChI is InChI=1S/C27H30N2O7/c1-34-16-24(31)29(18-8-11-20(35-2)12-9-18)25(27(33)28-17-6-4-3-5-7-17)22-15-36-23-13-10-19(30)14-21(23)26(22)32/h8-15,17,25,30H,3-7,16H2,1-2H3,(H,28,33). The van der Waals surface area contributed by atoms with E-state index in [1.165, 1.54) is 43.6 Å². The lowest BCUT2D eigenvalue weighted by Gasteiger charge is -2.33. The molecule has 1 unspecified atom stereocenters. The summed E-state index contributed by atoms with van der Waals surface area (Å²) in [6.07, 6.45) is 5.97. The zero-order valence-electron chi connectivity index (χ0n) is 20.4. The molecule has 1 aliphatic carbocycles. The number of nitrogens with one attached hydrogen (secondary N) is 1. The van der Waals surface area contributed by atoms with E-state index in [0.29, 0.717) is 11.4 Å². The first-order chi connectivity index (χ1) is 17.4. The number of anilines is 1. The maximum Gasteiger partial charge on any atom is 0.253 e. The molecule has 0 aliphatic heterocycles. The van der Waals surface area contributed by atoms with Crippen molar-refractivity contribution in [3.8, 4) is 11.5 Å². The average Bonchev–Trinajstić information content (AvgIpc) is 2.89. The van der Waals surface area contributed by atoms with E-state index in [9.17, 15) is 19.5 Å². The second kappa shape index (κ2) is 11.3. The molecule has 0 saturated heterocycles. The van der Waals surface area contributed by atoms with Crippen molar-refractivity contribution < 1.29 is 28.6 Å². The first-order valence-electron chi connectivity index (χ1n) is 11.9. The fourth-order valence-corrected chi connectivity index (χ4v) is 4.62. The summed E-state index contributed by atoms with van der Waals surface area (Å²) < 4.78 is 16.0. The van der Waals surface area contributed by atoms with Crippen LogP contribution in [0.1, 0.15) is 43.7 Å². The number of fused-ring (bicyclic) bond motifs is 1. The van der Waals surface area contributed by atoms with Crippen LogP contribution in [0.5, 0.6) is 11.5 Å². The van der Waals surface area contributed by atoms with Crippen molar-refractivity contribution in [2.24, 2.45) is 0 Å². The number of phenolic OH excluding ortho intramolecular Hbond substituents is 1. The van der Waals surface area contributed by atoms with Crippen LogP contribution in [0.25, 0.3) is 11.0 Å². The van der Waals surface area contributed by atoms with Gasteiger partial charge >= 0.3 is 0 Å². The molecule has 1 heterocycles. The Kier molecular flexibility index (Phi) is 7.90. The highest BCUT2D eigenvalue weighted by atomic mass is 16.5. The van der Waals surface area contributed by atoms with E-state index in [1.807, 2.05) is 0 Å². The van der Waals surface area contributed by atoms with Gasteiger partial charge in [0, 0.05) is 18.8 Å². The van der Waals surface area contributed by atoms with Gasteiger partial charge in [-0.3, -0.25) is 19.3 Å². The van der Waals surface area contributed by atoms with Gasteiger partial charge in [-0.2, -0.15) is 0 Å². The van der Waals surface area contributed by atoms with Crippen molar-refractivity contribution in [3.63, 3.8) is 0 Å². The van der Waals surface area contributed by atoms with Crippen molar-refractivity contribution >= 4 is 28.5 Å². The molecule has 2 N–H and O–H groups in total. The Bertz CT molecular complexity index is 1280. The zero-order valence-corrected chi connectivity index (χ0v) is 20.4. The lowest BCUT2D eigenvalue weighted by atomic mass is 9.94. The normalized spacial score (nSPS) is 14.8. The number of amides is 2. The summed E-state index contributed by atoms with van der Waals surface area (Å²) in [5.74, 6) is -0.546. The van der Waals surface area contributed by atoms with E-state index < -0.39 is 23.3 Å². The molecule has 1 saturated carbocycles. The zero-order chi connectivity index (χ0) is 25.7. The van der Waals surface area contributed by atoms with Gasteiger partial charge in [0.1, 0.15) is 36.0 Å². The predicted molar refractivity (Wildman–Crippen MR) is 134 cm³/mol. The van der Waals surface area contributed by atoms with Gasteiger partial charge in [0.15, 0.2) is 5.43 Å². The number of hydrogen-bond donors (Lipinski definition) is 2. The third-order valence-corrected chi connectivity index (χ3v) is 6.42. The number of carbonyl (C=O) groups excluding carboxylic acids is 2. The molecule has 1 atom stereocenters. The van der Waals surface area contributed by atoms with Crippen molar-refractivity contribution in [3.05, 3.63) is 64.5 Å². The Hall–Kier alpha value is -3.85. The van der Waals surface area contributed by atoms with E-state index in [1.54, 1.807) is 24.3 Å². The molecule has 0 radical (unpaired) electrons. The number of carbonyl (C=O) groups is 2. The van der Waals surface area contributed by atoms with Crippen LogP contribution in [0.15, 0.2) is 57.9 Å². The van der Waals surface area contributed by atoms with Crippen LogP contribution in [0, 0.1) is 0 Å². The minimum atomic E-state index is -1.33. The minimum absolute atomic E-state index is 0.0262. The molecule has 2 amide bonds. The second-order valence-corrected chi connectivity index (χ2v) is 8.84. The van der Waals surface area contributed by atoms with Gasteiger partial charge in [0.25, 0.3) is 5.91 Å².